The normalized spacial score (nSPS) is 16.0. The summed E-state index contributed by atoms with van der Waals surface area (Å²) in [5.74, 6) is 0. The third-order valence-corrected chi connectivity index (χ3v) is 5.68. The number of hydrogen-bond donors (Lipinski definition) is 1. The van der Waals surface area contributed by atoms with E-state index in [0.717, 1.165) is 19.3 Å². The molecule has 1 aromatic rings. The molecule has 0 aromatic heterocycles. The SMILES string of the molecule is CCCN(C1CC1)S(=O)(=O)c1cc(N)c(C)c(Cl)c1. The van der Waals surface area contributed by atoms with Crippen molar-refractivity contribution in [2.75, 3.05) is 12.3 Å². The van der Waals surface area contributed by atoms with Crippen molar-refractivity contribution in [1.82, 2.24) is 4.31 Å². The summed E-state index contributed by atoms with van der Waals surface area (Å²) in [6.07, 6.45) is 2.67. The number of anilines is 1. The topological polar surface area (TPSA) is 63.4 Å². The van der Waals surface area contributed by atoms with E-state index in [-0.39, 0.29) is 10.9 Å². The van der Waals surface area contributed by atoms with Gasteiger partial charge in [0.05, 0.1) is 4.90 Å². The molecule has 0 saturated heterocycles. The molecule has 0 spiro atoms. The van der Waals surface area contributed by atoms with Gasteiger partial charge in [0.1, 0.15) is 0 Å². The van der Waals surface area contributed by atoms with Crippen molar-refractivity contribution >= 4 is 27.3 Å². The summed E-state index contributed by atoms with van der Waals surface area (Å²) in [6.45, 7) is 4.29. The van der Waals surface area contributed by atoms with Crippen molar-refractivity contribution in [1.29, 1.82) is 0 Å². The van der Waals surface area contributed by atoms with Crippen molar-refractivity contribution in [3.05, 3.63) is 22.7 Å². The first-order valence-corrected chi connectivity index (χ1v) is 8.27. The van der Waals surface area contributed by atoms with Crippen molar-refractivity contribution in [2.24, 2.45) is 0 Å². The van der Waals surface area contributed by atoms with Crippen LogP contribution in [0.5, 0.6) is 0 Å². The molecule has 0 radical (unpaired) electrons. The van der Waals surface area contributed by atoms with Crippen molar-refractivity contribution in [2.45, 2.75) is 44.0 Å². The lowest BCUT2D eigenvalue weighted by atomic mass is 10.2. The van der Waals surface area contributed by atoms with Crippen molar-refractivity contribution < 1.29 is 8.42 Å². The standard InChI is InChI=1S/C13H19ClN2O2S/c1-3-6-16(10-4-5-10)19(17,18)11-7-12(14)9(2)13(15)8-11/h7-8,10H,3-6,15H2,1-2H3. The van der Waals surface area contributed by atoms with Crippen LogP contribution in [-0.2, 0) is 10.0 Å². The second kappa shape index (κ2) is 5.31. The van der Waals surface area contributed by atoms with Crippen molar-refractivity contribution in [3.8, 4) is 0 Å². The van der Waals surface area contributed by atoms with Gasteiger partial charge in [-0.3, -0.25) is 0 Å². The first kappa shape index (κ1) is 14.6. The third kappa shape index (κ3) is 2.88. The fourth-order valence-electron chi connectivity index (χ4n) is 2.04. The highest BCUT2D eigenvalue weighted by atomic mass is 35.5. The Bertz CT molecular complexity index is 559. The van der Waals surface area contributed by atoms with Crippen LogP contribution in [0.3, 0.4) is 0 Å². The van der Waals surface area contributed by atoms with Crippen LogP contribution in [-0.4, -0.2) is 25.3 Å². The fourth-order valence-corrected chi connectivity index (χ4v) is 4.17. The van der Waals surface area contributed by atoms with Gasteiger partial charge in [0.15, 0.2) is 0 Å². The maximum Gasteiger partial charge on any atom is 0.243 e. The average Bonchev–Trinajstić information content (AvgIpc) is 3.16. The van der Waals surface area contributed by atoms with Gasteiger partial charge in [-0.25, -0.2) is 8.42 Å². The van der Waals surface area contributed by atoms with Crippen LogP contribution < -0.4 is 5.73 Å². The first-order valence-electron chi connectivity index (χ1n) is 6.45. The van der Waals surface area contributed by atoms with Crippen LogP contribution in [0.25, 0.3) is 0 Å². The molecule has 2 N–H and O–H groups in total. The Kier molecular flexibility index (Phi) is 4.08. The molecule has 19 heavy (non-hydrogen) atoms. The monoisotopic (exact) mass is 302 g/mol. The summed E-state index contributed by atoms with van der Waals surface area (Å²) in [6, 6.07) is 3.14. The number of nitrogens with two attached hydrogens (primary N) is 1. The predicted octanol–water partition coefficient (Wildman–Crippen LogP) is 2.79. The zero-order valence-electron chi connectivity index (χ0n) is 11.2. The summed E-state index contributed by atoms with van der Waals surface area (Å²) < 4.78 is 26.8. The Morgan fingerprint density at radius 1 is 1.42 bits per heavy atom. The van der Waals surface area contributed by atoms with Crippen LogP contribution in [0.15, 0.2) is 17.0 Å². The maximum absolute atomic E-state index is 12.6. The van der Waals surface area contributed by atoms with Crippen LogP contribution in [0.4, 0.5) is 5.69 Å². The Labute approximate surface area is 119 Å². The zero-order valence-corrected chi connectivity index (χ0v) is 12.8. The van der Waals surface area contributed by atoms with Gasteiger partial charge in [-0.2, -0.15) is 4.31 Å². The predicted molar refractivity (Wildman–Crippen MR) is 77.8 cm³/mol. The highest BCUT2D eigenvalue weighted by molar-refractivity contribution is 7.89. The molecule has 0 heterocycles. The lowest BCUT2D eigenvalue weighted by Gasteiger charge is -2.22. The van der Waals surface area contributed by atoms with E-state index in [2.05, 4.69) is 0 Å². The molecule has 1 aliphatic rings. The third-order valence-electron chi connectivity index (χ3n) is 3.36. The number of benzene rings is 1. The smallest absolute Gasteiger partial charge is 0.243 e. The number of halogens is 1. The lowest BCUT2D eigenvalue weighted by molar-refractivity contribution is 0.403. The number of rotatable bonds is 5. The molecule has 0 amide bonds. The number of hydrogen-bond acceptors (Lipinski definition) is 3. The Balaban J connectivity index is 2.43. The number of nitrogen functional groups attached to an aromatic ring is 1. The minimum Gasteiger partial charge on any atom is -0.398 e. The minimum atomic E-state index is -3.49. The molecule has 0 unspecified atom stereocenters. The fraction of sp³-hybridized carbons (Fsp3) is 0.538. The van der Waals surface area contributed by atoms with E-state index in [1.165, 1.54) is 12.1 Å². The molecular weight excluding hydrogens is 284 g/mol. The van der Waals surface area contributed by atoms with Crippen LogP contribution in [0.1, 0.15) is 31.7 Å². The average molecular weight is 303 g/mol. The van der Waals surface area contributed by atoms with Gasteiger partial charge in [-0.05, 0) is 43.9 Å². The van der Waals surface area contributed by atoms with Crippen molar-refractivity contribution in [3.63, 3.8) is 0 Å². The lowest BCUT2D eigenvalue weighted by Crippen LogP contribution is -2.33. The maximum atomic E-state index is 12.6. The molecule has 6 heteroatoms. The largest absolute Gasteiger partial charge is 0.398 e. The van der Waals surface area contributed by atoms with Crippen LogP contribution in [0, 0.1) is 6.92 Å². The highest BCUT2D eigenvalue weighted by Gasteiger charge is 2.37. The van der Waals surface area contributed by atoms with Gasteiger partial charge in [-0.1, -0.05) is 18.5 Å². The van der Waals surface area contributed by atoms with Gasteiger partial charge in [0.25, 0.3) is 0 Å². The summed E-state index contributed by atoms with van der Waals surface area (Å²) in [4.78, 5) is 0.195. The van der Waals surface area contributed by atoms with Gasteiger partial charge >= 0.3 is 0 Å². The van der Waals surface area contributed by atoms with E-state index in [9.17, 15) is 8.42 Å². The molecule has 0 atom stereocenters. The van der Waals surface area contributed by atoms with E-state index >= 15 is 0 Å². The van der Waals surface area contributed by atoms with E-state index in [4.69, 9.17) is 17.3 Å². The van der Waals surface area contributed by atoms with E-state index in [1.54, 1.807) is 11.2 Å². The summed E-state index contributed by atoms with van der Waals surface area (Å²) >= 11 is 6.04. The van der Waals surface area contributed by atoms with Gasteiger partial charge < -0.3 is 5.73 Å². The molecule has 1 fully saturated rings. The van der Waals surface area contributed by atoms with Crippen LogP contribution in [0.2, 0.25) is 5.02 Å². The molecule has 1 saturated carbocycles. The number of nitrogens with zero attached hydrogens (tertiary/aromatic N) is 1. The van der Waals surface area contributed by atoms with E-state index < -0.39 is 10.0 Å². The summed E-state index contributed by atoms with van der Waals surface area (Å²) in [5.41, 5.74) is 6.95. The summed E-state index contributed by atoms with van der Waals surface area (Å²) in [5, 5.41) is 0.394. The second-order valence-corrected chi connectivity index (χ2v) is 7.26. The molecule has 0 aliphatic heterocycles. The molecule has 0 bridgehead atoms. The molecule has 1 aliphatic carbocycles. The van der Waals surface area contributed by atoms with Gasteiger partial charge in [0.2, 0.25) is 10.0 Å². The highest BCUT2D eigenvalue weighted by Crippen LogP contribution is 2.34. The van der Waals surface area contributed by atoms with Gasteiger partial charge in [0, 0.05) is 23.3 Å². The summed E-state index contributed by atoms with van der Waals surface area (Å²) in [7, 11) is -3.49. The van der Waals surface area contributed by atoms with Crippen LogP contribution >= 0.6 is 11.6 Å². The minimum absolute atomic E-state index is 0.145. The second-order valence-electron chi connectivity index (χ2n) is 4.97. The van der Waals surface area contributed by atoms with E-state index in [0.29, 0.717) is 22.8 Å². The molecule has 4 nitrogen and oxygen atoms in total. The first-order chi connectivity index (χ1) is 8.87. The molecule has 1 aromatic carbocycles. The molecule has 106 valence electrons. The Hall–Kier alpha value is -0.780. The zero-order chi connectivity index (χ0) is 14.2. The number of sulfonamides is 1. The Morgan fingerprint density at radius 3 is 2.53 bits per heavy atom. The molecular formula is C13H19ClN2O2S. The molecule has 2 rings (SSSR count). The van der Waals surface area contributed by atoms with E-state index in [1.807, 2.05) is 6.92 Å². The Morgan fingerprint density at radius 2 is 2.05 bits per heavy atom. The van der Waals surface area contributed by atoms with Gasteiger partial charge in [-0.15, -0.1) is 0 Å². The quantitative estimate of drug-likeness (QED) is 0.851.